The molecule has 2 nitrogen and oxygen atoms in total. The minimum atomic E-state index is 1.14. The monoisotopic (exact) mass is 232 g/mol. The molecule has 0 atom stereocenters. The molecule has 0 fully saturated rings. The summed E-state index contributed by atoms with van der Waals surface area (Å²) >= 11 is 0. The van der Waals surface area contributed by atoms with Crippen molar-refractivity contribution < 1.29 is 0 Å². The van der Waals surface area contributed by atoms with Gasteiger partial charge in [0.15, 0.2) is 0 Å². The van der Waals surface area contributed by atoms with Gasteiger partial charge in [0.25, 0.3) is 0 Å². The quantitative estimate of drug-likeness (QED) is 0.596. The van der Waals surface area contributed by atoms with Gasteiger partial charge in [-0.1, -0.05) is 36.4 Å². The van der Waals surface area contributed by atoms with Crippen molar-refractivity contribution in [2.24, 2.45) is 0 Å². The molecule has 1 aliphatic heterocycles. The van der Waals surface area contributed by atoms with Crippen LogP contribution in [-0.4, -0.2) is 4.98 Å². The number of rotatable bonds is 0. The zero-order valence-electron chi connectivity index (χ0n) is 9.77. The number of anilines is 1. The summed E-state index contributed by atoms with van der Waals surface area (Å²) in [5.74, 6) is 0. The summed E-state index contributed by atoms with van der Waals surface area (Å²) in [6, 6.07) is 16.8. The van der Waals surface area contributed by atoms with Crippen LogP contribution >= 0.6 is 0 Å². The van der Waals surface area contributed by atoms with Gasteiger partial charge >= 0.3 is 0 Å². The van der Waals surface area contributed by atoms with E-state index in [0.29, 0.717) is 0 Å². The van der Waals surface area contributed by atoms with Crippen molar-refractivity contribution in [3.8, 4) is 11.3 Å². The predicted octanol–water partition coefficient (Wildman–Crippen LogP) is 4.23. The number of fused-ring (bicyclic) bond motifs is 5. The van der Waals surface area contributed by atoms with Crippen molar-refractivity contribution in [3.63, 3.8) is 0 Å². The highest BCUT2D eigenvalue weighted by molar-refractivity contribution is 6.00. The molecular weight excluding hydrogens is 220 g/mol. The molecule has 0 unspecified atom stereocenters. The molecule has 0 saturated heterocycles. The van der Waals surface area contributed by atoms with Crippen molar-refractivity contribution in [2.75, 3.05) is 5.32 Å². The molecule has 0 saturated carbocycles. The van der Waals surface area contributed by atoms with Gasteiger partial charge in [-0.2, -0.15) is 0 Å². The van der Waals surface area contributed by atoms with Crippen molar-refractivity contribution in [3.05, 3.63) is 60.3 Å². The third-order valence-electron chi connectivity index (χ3n) is 3.43. The molecule has 2 N–H and O–H groups in total. The molecule has 0 aliphatic carbocycles. The maximum Gasteiger partial charge on any atom is 0.0560 e. The largest absolute Gasteiger partial charge is 0.361 e. The molecule has 1 aromatic heterocycles. The average Bonchev–Trinajstić information content (AvgIpc) is 2.69. The summed E-state index contributed by atoms with van der Waals surface area (Å²) in [6.07, 6.45) is 4.14. The molecule has 0 radical (unpaired) electrons. The Morgan fingerprint density at radius 3 is 2.67 bits per heavy atom. The minimum absolute atomic E-state index is 1.14. The second-order valence-electron chi connectivity index (χ2n) is 4.48. The number of aromatic amines is 1. The number of aromatic nitrogens is 1. The molecule has 86 valence electrons. The van der Waals surface area contributed by atoms with Gasteiger partial charge in [-0.25, -0.2) is 0 Å². The van der Waals surface area contributed by atoms with E-state index in [9.17, 15) is 0 Å². The van der Waals surface area contributed by atoms with Crippen molar-refractivity contribution in [1.82, 2.24) is 4.98 Å². The van der Waals surface area contributed by atoms with Gasteiger partial charge in [0, 0.05) is 33.9 Å². The van der Waals surface area contributed by atoms with Crippen LogP contribution in [0, 0.1) is 0 Å². The molecule has 18 heavy (non-hydrogen) atoms. The summed E-state index contributed by atoms with van der Waals surface area (Å²) in [5, 5.41) is 4.59. The van der Waals surface area contributed by atoms with E-state index in [-0.39, 0.29) is 0 Å². The zero-order valence-corrected chi connectivity index (χ0v) is 9.77. The van der Waals surface area contributed by atoms with E-state index in [4.69, 9.17) is 0 Å². The Labute approximate surface area is 105 Å². The minimum Gasteiger partial charge on any atom is -0.361 e. The number of nitrogens with one attached hydrogen (secondary N) is 2. The summed E-state index contributed by atoms with van der Waals surface area (Å²) in [7, 11) is 0. The Morgan fingerprint density at radius 1 is 0.833 bits per heavy atom. The van der Waals surface area contributed by atoms with Crippen LogP contribution in [0.15, 0.2) is 54.7 Å². The fourth-order valence-corrected chi connectivity index (χ4v) is 2.59. The lowest BCUT2D eigenvalue weighted by atomic mass is 10.0. The zero-order chi connectivity index (χ0) is 11.9. The average molecular weight is 232 g/mol. The number of H-pyrrole nitrogens is 1. The Balaban J connectivity index is 2.14. The van der Waals surface area contributed by atoms with Crippen LogP contribution in [0.4, 0.5) is 5.69 Å². The molecule has 3 aromatic rings. The fourth-order valence-electron chi connectivity index (χ4n) is 2.59. The first kappa shape index (κ1) is 9.54. The maximum atomic E-state index is 3.52. The molecule has 0 spiro atoms. The van der Waals surface area contributed by atoms with Gasteiger partial charge in [-0.05, 0) is 18.2 Å². The Kier molecular flexibility index (Phi) is 1.86. The van der Waals surface area contributed by atoms with Crippen LogP contribution < -0.4 is 5.32 Å². The topological polar surface area (TPSA) is 27.8 Å². The highest BCUT2D eigenvalue weighted by Gasteiger charge is 2.15. The SMILES string of the molecule is C1=Cc2c([nH]c3ccccc23)-c2ccccc2N1. The number of hydrogen-bond acceptors (Lipinski definition) is 1. The van der Waals surface area contributed by atoms with Crippen LogP contribution in [0.5, 0.6) is 0 Å². The van der Waals surface area contributed by atoms with E-state index in [1.807, 2.05) is 12.3 Å². The van der Waals surface area contributed by atoms with Crippen molar-refractivity contribution >= 4 is 22.7 Å². The molecule has 1 aliphatic rings. The second-order valence-corrected chi connectivity index (χ2v) is 4.48. The van der Waals surface area contributed by atoms with E-state index in [1.54, 1.807) is 0 Å². The lowest BCUT2D eigenvalue weighted by Crippen LogP contribution is -1.88. The second kappa shape index (κ2) is 3.50. The van der Waals surface area contributed by atoms with Crippen LogP contribution in [0.25, 0.3) is 28.2 Å². The summed E-state index contributed by atoms with van der Waals surface area (Å²) in [6.45, 7) is 0. The van der Waals surface area contributed by atoms with Crippen LogP contribution in [-0.2, 0) is 0 Å². The highest BCUT2D eigenvalue weighted by Crippen LogP contribution is 2.36. The number of para-hydroxylation sites is 2. The molecule has 2 heteroatoms. The standard InChI is InChI=1S/C16H12N2/c1-4-8-15-11(5-1)12-9-10-17-14-7-3-2-6-13(14)16(12)18-15/h1-10,17-18H. The van der Waals surface area contributed by atoms with E-state index < -0.39 is 0 Å². The summed E-state index contributed by atoms with van der Waals surface area (Å²) in [5.41, 5.74) is 5.98. The normalized spacial score (nSPS) is 12.7. The molecule has 2 heterocycles. The third-order valence-corrected chi connectivity index (χ3v) is 3.43. The first-order chi connectivity index (χ1) is 8.93. The van der Waals surface area contributed by atoms with E-state index in [2.05, 4.69) is 58.8 Å². The van der Waals surface area contributed by atoms with Gasteiger partial charge in [-0.3, -0.25) is 0 Å². The Hall–Kier alpha value is -2.48. The first-order valence-corrected chi connectivity index (χ1v) is 6.07. The third kappa shape index (κ3) is 1.23. The van der Waals surface area contributed by atoms with Crippen LogP contribution in [0.1, 0.15) is 5.56 Å². The van der Waals surface area contributed by atoms with E-state index >= 15 is 0 Å². The van der Waals surface area contributed by atoms with Crippen molar-refractivity contribution in [1.29, 1.82) is 0 Å². The van der Waals surface area contributed by atoms with Gasteiger partial charge in [0.05, 0.1) is 5.69 Å². The maximum absolute atomic E-state index is 3.52. The molecule has 0 amide bonds. The van der Waals surface area contributed by atoms with Gasteiger partial charge < -0.3 is 10.3 Å². The van der Waals surface area contributed by atoms with E-state index in [0.717, 1.165) is 5.69 Å². The van der Waals surface area contributed by atoms with E-state index in [1.165, 1.54) is 27.7 Å². The summed E-state index contributed by atoms with van der Waals surface area (Å²) < 4.78 is 0. The van der Waals surface area contributed by atoms with Gasteiger partial charge in [-0.15, -0.1) is 0 Å². The van der Waals surface area contributed by atoms with Crippen LogP contribution in [0.3, 0.4) is 0 Å². The lowest BCUT2D eigenvalue weighted by Gasteiger charge is -2.05. The molecule has 2 aromatic carbocycles. The molecular formula is C16H12N2. The smallest absolute Gasteiger partial charge is 0.0560 e. The van der Waals surface area contributed by atoms with Gasteiger partial charge in [0.2, 0.25) is 0 Å². The van der Waals surface area contributed by atoms with Crippen LogP contribution in [0.2, 0.25) is 0 Å². The Morgan fingerprint density at radius 2 is 1.67 bits per heavy atom. The first-order valence-electron chi connectivity index (χ1n) is 6.07. The molecule has 0 bridgehead atoms. The number of hydrogen-bond donors (Lipinski definition) is 2. The fraction of sp³-hybridized carbons (Fsp3) is 0. The Bertz CT molecular complexity index is 766. The summed E-state index contributed by atoms with van der Waals surface area (Å²) in [4.78, 5) is 3.52. The highest BCUT2D eigenvalue weighted by atomic mass is 14.9. The predicted molar refractivity (Wildman–Crippen MR) is 76.4 cm³/mol. The lowest BCUT2D eigenvalue weighted by molar-refractivity contribution is 1.45. The molecule has 4 rings (SSSR count). The van der Waals surface area contributed by atoms with Gasteiger partial charge in [0.1, 0.15) is 0 Å². The number of benzene rings is 2. The van der Waals surface area contributed by atoms with Crippen molar-refractivity contribution in [2.45, 2.75) is 0 Å².